The van der Waals surface area contributed by atoms with Crippen LogP contribution in [0.5, 0.6) is 0 Å². The summed E-state index contributed by atoms with van der Waals surface area (Å²) in [4.78, 5) is 0. The van der Waals surface area contributed by atoms with Crippen LogP contribution in [0.2, 0.25) is 0 Å². The SMILES string of the molecule is CC1CCC(C(N)C2=CCCC2)O1. The summed E-state index contributed by atoms with van der Waals surface area (Å²) < 4.78 is 5.77. The first kappa shape index (κ1) is 9.22. The Kier molecular flexibility index (Phi) is 2.70. The predicted molar refractivity (Wildman–Crippen MR) is 53.5 cm³/mol. The molecule has 3 atom stereocenters. The van der Waals surface area contributed by atoms with Crippen molar-refractivity contribution in [3.63, 3.8) is 0 Å². The van der Waals surface area contributed by atoms with Crippen LogP contribution in [0, 0.1) is 0 Å². The van der Waals surface area contributed by atoms with E-state index in [1.54, 1.807) is 0 Å². The van der Waals surface area contributed by atoms with E-state index >= 15 is 0 Å². The molecule has 1 aliphatic carbocycles. The molecular formula is C11H19NO. The van der Waals surface area contributed by atoms with Gasteiger partial charge < -0.3 is 10.5 Å². The maximum atomic E-state index is 6.15. The molecular weight excluding hydrogens is 162 g/mol. The van der Waals surface area contributed by atoms with E-state index in [1.807, 2.05) is 0 Å². The van der Waals surface area contributed by atoms with Gasteiger partial charge in [0.25, 0.3) is 0 Å². The third-order valence-electron chi connectivity index (χ3n) is 3.17. The van der Waals surface area contributed by atoms with Crippen LogP contribution < -0.4 is 5.73 Å². The summed E-state index contributed by atoms with van der Waals surface area (Å²) in [6.45, 7) is 2.13. The highest BCUT2D eigenvalue weighted by Gasteiger charge is 2.29. The smallest absolute Gasteiger partial charge is 0.0768 e. The standard InChI is InChI=1S/C11H19NO/c1-8-6-7-10(13-8)11(12)9-4-2-3-5-9/h4,8,10-11H,2-3,5-7,12H2,1H3. The van der Waals surface area contributed by atoms with Gasteiger partial charge >= 0.3 is 0 Å². The van der Waals surface area contributed by atoms with Gasteiger partial charge in [0.1, 0.15) is 0 Å². The first-order valence-corrected chi connectivity index (χ1v) is 5.37. The molecule has 1 fully saturated rings. The van der Waals surface area contributed by atoms with Gasteiger partial charge in [0.15, 0.2) is 0 Å². The van der Waals surface area contributed by atoms with Gasteiger partial charge in [-0.25, -0.2) is 0 Å². The summed E-state index contributed by atoms with van der Waals surface area (Å²) in [5, 5.41) is 0. The second-order valence-electron chi connectivity index (χ2n) is 4.26. The minimum atomic E-state index is 0.174. The van der Waals surface area contributed by atoms with Crippen LogP contribution in [-0.2, 0) is 4.74 Å². The second-order valence-corrected chi connectivity index (χ2v) is 4.26. The third-order valence-corrected chi connectivity index (χ3v) is 3.17. The summed E-state index contributed by atoms with van der Waals surface area (Å²) >= 11 is 0. The van der Waals surface area contributed by atoms with Gasteiger partial charge in [-0.1, -0.05) is 11.6 Å². The minimum absolute atomic E-state index is 0.174. The van der Waals surface area contributed by atoms with Gasteiger partial charge in [0.05, 0.1) is 18.2 Å². The molecule has 2 rings (SSSR count). The second kappa shape index (κ2) is 3.81. The lowest BCUT2D eigenvalue weighted by Gasteiger charge is -2.20. The molecule has 1 aliphatic heterocycles. The van der Waals surface area contributed by atoms with Crippen molar-refractivity contribution in [2.24, 2.45) is 5.73 Å². The summed E-state index contributed by atoms with van der Waals surface area (Å²) in [6, 6.07) is 0.174. The minimum Gasteiger partial charge on any atom is -0.373 e. The average Bonchev–Trinajstić information content (AvgIpc) is 2.72. The molecule has 0 aromatic heterocycles. The highest BCUT2D eigenvalue weighted by molar-refractivity contribution is 5.16. The van der Waals surface area contributed by atoms with Crippen LogP contribution in [0.4, 0.5) is 0 Å². The molecule has 0 spiro atoms. The Morgan fingerprint density at radius 3 is 2.92 bits per heavy atom. The third kappa shape index (κ3) is 1.94. The molecule has 2 aliphatic rings. The monoisotopic (exact) mass is 181 g/mol. The number of ether oxygens (including phenoxy) is 1. The Bertz CT molecular complexity index is 212. The number of hydrogen-bond acceptors (Lipinski definition) is 2. The van der Waals surface area contributed by atoms with E-state index in [0.29, 0.717) is 12.2 Å². The zero-order valence-electron chi connectivity index (χ0n) is 8.33. The maximum absolute atomic E-state index is 6.15. The molecule has 1 saturated heterocycles. The first-order chi connectivity index (χ1) is 6.27. The molecule has 74 valence electrons. The topological polar surface area (TPSA) is 35.2 Å². The molecule has 2 N–H and O–H groups in total. The number of rotatable bonds is 2. The van der Waals surface area contributed by atoms with E-state index in [2.05, 4.69) is 13.0 Å². The van der Waals surface area contributed by atoms with Crippen molar-refractivity contribution in [3.05, 3.63) is 11.6 Å². The largest absolute Gasteiger partial charge is 0.373 e. The van der Waals surface area contributed by atoms with Crippen molar-refractivity contribution in [1.82, 2.24) is 0 Å². The highest BCUT2D eigenvalue weighted by Crippen LogP contribution is 2.28. The Balaban J connectivity index is 1.92. The molecule has 1 heterocycles. The quantitative estimate of drug-likeness (QED) is 0.661. The van der Waals surface area contributed by atoms with Gasteiger partial charge in [-0.15, -0.1) is 0 Å². The molecule has 13 heavy (non-hydrogen) atoms. The fraction of sp³-hybridized carbons (Fsp3) is 0.818. The van der Waals surface area contributed by atoms with Gasteiger partial charge in [-0.2, -0.15) is 0 Å². The predicted octanol–water partition coefficient (Wildman–Crippen LogP) is 1.99. The van der Waals surface area contributed by atoms with E-state index in [-0.39, 0.29) is 6.04 Å². The lowest BCUT2D eigenvalue weighted by Crippen LogP contribution is -2.36. The van der Waals surface area contributed by atoms with E-state index in [9.17, 15) is 0 Å². The van der Waals surface area contributed by atoms with Crippen LogP contribution >= 0.6 is 0 Å². The van der Waals surface area contributed by atoms with Gasteiger partial charge in [-0.05, 0) is 39.0 Å². The van der Waals surface area contributed by atoms with Crippen molar-refractivity contribution in [1.29, 1.82) is 0 Å². The molecule has 0 saturated carbocycles. The number of nitrogens with two attached hydrogens (primary N) is 1. The highest BCUT2D eigenvalue weighted by atomic mass is 16.5. The zero-order chi connectivity index (χ0) is 9.26. The molecule has 2 nitrogen and oxygen atoms in total. The van der Waals surface area contributed by atoms with E-state index < -0.39 is 0 Å². The number of allylic oxidation sites excluding steroid dienone is 1. The molecule has 0 aromatic carbocycles. The van der Waals surface area contributed by atoms with E-state index in [0.717, 1.165) is 6.42 Å². The Morgan fingerprint density at radius 2 is 2.38 bits per heavy atom. The van der Waals surface area contributed by atoms with Gasteiger partial charge in [-0.3, -0.25) is 0 Å². The fourth-order valence-corrected chi connectivity index (χ4v) is 2.33. The van der Waals surface area contributed by atoms with Crippen molar-refractivity contribution in [2.75, 3.05) is 0 Å². The summed E-state index contributed by atoms with van der Waals surface area (Å²) in [7, 11) is 0. The first-order valence-electron chi connectivity index (χ1n) is 5.37. The molecule has 0 aromatic rings. The van der Waals surface area contributed by atoms with Crippen molar-refractivity contribution in [2.45, 2.75) is 57.3 Å². The summed E-state index contributed by atoms with van der Waals surface area (Å²) in [6.07, 6.45) is 9.01. The molecule has 0 amide bonds. The van der Waals surface area contributed by atoms with Crippen molar-refractivity contribution in [3.8, 4) is 0 Å². The van der Waals surface area contributed by atoms with Crippen molar-refractivity contribution < 1.29 is 4.74 Å². The molecule has 3 unspecified atom stereocenters. The molecule has 0 bridgehead atoms. The average molecular weight is 181 g/mol. The maximum Gasteiger partial charge on any atom is 0.0768 e. The zero-order valence-corrected chi connectivity index (χ0v) is 8.33. The van der Waals surface area contributed by atoms with Crippen LogP contribution in [0.15, 0.2) is 11.6 Å². The Morgan fingerprint density at radius 1 is 1.54 bits per heavy atom. The molecule has 2 heteroatoms. The van der Waals surface area contributed by atoms with Crippen LogP contribution in [-0.4, -0.2) is 18.2 Å². The Labute approximate surface area is 80.1 Å². The lowest BCUT2D eigenvalue weighted by atomic mass is 10.00. The summed E-state index contributed by atoms with van der Waals surface area (Å²) in [5.41, 5.74) is 7.58. The van der Waals surface area contributed by atoms with Gasteiger partial charge in [0, 0.05) is 0 Å². The lowest BCUT2D eigenvalue weighted by molar-refractivity contribution is 0.0466. The van der Waals surface area contributed by atoms with Crippen molar-refractivity contribution >= 4 is 0 Å². The number of hydrogen-bond donors (Lipinski definition) is 1. The normalized spacial score (nSPS) is 36.3. The summed E-state index contributed by atoms with van der Waals surface area (Å²) in [5.74, 6) is 0. The Hall–Kier alpha value is -0.340. The fourth-order valence-electron chi connectivity index (χ4n) is 2.33. The van der Waals surface area contributed by atoms with Gasteiger partial charge in [0.2, 0.25) is 0 Å². The van der Waals surface area contributed by atoms with E-state index in [4.69, 9.17) is 10.5 Å². The molecule has 0 radical (unpaired) electrons. The van der Waals surface area contributed by atoms with Crippen LogP contribution in [0.25, 0.3) is 0 Å². The van der Waals surface area contributed by atoms with Crippen LogP contribution in [0.3, 0.4) is 0 Å². The van der Waals surface area contributed by atoms with Crippen LogP contribution in [0.1, 0.15) is 39.0 Å². The van der Waals surface area contributed by atoms with E-state index in [1.165, 1.54) is 31.3 Å².